The van der Waals surface area contributed by atoms with Crippen LogP contribution in [0, 0.1) is 0 Å². The largest absolute Gasteiger partial charge is 0.379 e. The number of guanidine groups is 1. The minimum Gasteiger partial charge on any atom is -0.379 e. The van der Waals surface area contributed by atoms with E-state index in [0.29, 0.717) is 6.04 Å². The fraction of sp³-hybridized carbons (Fsp3) is 0.650. The molecule has 1 heterocycles. The maximum atomic E-state index is 5.42. The Labute approximate surface area is 158 Å². The van der Waals surface area contributed by atoms with Gasteiger partial charge < -0.3 is 20.3 Å². The van der Waals surface area contributed by atoms with Crippen molar-refractivity contribution in [2.24, 2.45) is 4.99 Å². The molecule has 1 aromatic rings. The third-order valence-corrected chi connectivity index (χ3v) is 4.69. The number of anilines is 1. The van der Waals surface area contributed by atoms with Crippen molar-refractivity contribution in [2.75, 3.05) is 64.4 Å². The first-order valence-corrected chi connectivity index (χ1v) is 9.81. The molecule has 1 aliphatic heterocycles. The number of hydrogen-bond acceptors (Lipinski definition) is 4. The van der Waals surface area contributed by atoms with Crippen molar-refractivity contribution in [1.29, 1.82) is 0 Å². The molecule has 146 valence electrons. The number of para-hydroxylation sites is 1. The molecule has 0 bridgehead atoms. The van der Waals surface area contributed by atoms with E-state index in [1.54, 1.807) is 0 Å². The number of nitrogens with one attached hydrogen (secondary N) is 2. The monoisotopic (exact) mass is 361 g/mol. The summed E-state index contributed by atoms with van der Waals surface area (Å²) in [5, 5.41) is 6.80. The van der Waals surface area contributed by atoms with Crippen molar-refractivity contribution in [3.63, 3.8) is 0 Å². The number of nitrogens with zero attached hydrogens (tertiary/aromatic N) is 3. The minimum absolute atomic E-state index is 0.443. The van der Waals surface area contributed by atoms with Crippen LogP contribution in [0.5, 0.6) is 0 Å². The molecule has 0 spiro atoms. The van der Waals surface area contributed by atoms with E-state index in [0.717, 1.165) is 64.9 Å². The minimum atomic E-state index is 0.443. The van der Waals surface area contributed by atoms with Crippen molar-refractivity contribution in [3.05, 3.63) is 30.3 Å². The Bertz CT molecular complexity index is 516. The van der Waals surface area contributed by atoms with Crippen LogP contribution in [-0.2, 0) is 4.74 Å². The molecule has 2 N–H and O–H groups in total. The Morgan fingerprint density at radius 1 is 1.23 bits per heavy atom. The highest BCUT2D eigenvalue weighted by Crippen LogP contribution is 2.10. The average Bonchev–Trinajstić information content (AvgIpc) is 2.70. The lowest BCUT2D eigenvalue weighted by Gasteiger charge is -2.31. The van der Waals surface area contributed by atoms with Crippen LogP contribution in [0.1, 0.15) is 20.3 Å². The number of benzene rings is 1. The van der Waals surface area contributed by atoms with Gasteiger partial charge in [0, 0.05) is 51.5 Å². The molecule has 0 amide bonds. The lowest BCUT2D eigenvalue weighted by atomic mass is 10.2. The summed E-state index contributed by atoms with van der Waals surface area (Å²) in [6.07, 6.45) is 1.06. The van der Waals surface area contributed by atoms with Gasteiger partial charge in [-0.3, -0.25) is 9.89 Å². The molecule has 1 fully saturated rings. The van der Waals surface area contributed by atoms with Gasteiger partial charge in [-0.05, 0) is 32.4 Å². The molecule has 0 saturated carbocycles. The van der Waals surface area contributed by atoms with Crippen LogP contribution < -0.4 is 15.5 Å². The molecule has 6 heteroatoms. The maximum absolute atomic E-state index is 5.42. The Morgan fingerprint density at radius 3 is 2.65 bits per heavy atom. The van der Waals surface area contributed by atoms with E-state index in [4.69, 9.17) is 9.73 Å². The van der Waals surface area contributed by atoms with E-state index in [9.17, 15) is 0 Å². The third-order valence-electron chi connectivity index (χ3n) is 4.69. The molecule has 1 unspecified atom stereocenters. The highest BCUT2D eigenvalue weighted by molar-refractivity contribution is 5.79. The second-order valence-corrected chi connectivity index (χ2v) is 6.75. The van der Waals surface area contributed by atoms with E-state index in [-0.39, 0.29) is 0 Å². The fourth-order valence-electron chi connectivity index (χ4n) is 3.03. The van der Waals surface area contributed by atoms with Gasteiger partial charge in [0.25, 0.3) is 0 Å². The zero-order chi connectivity index (χ0) is 18.6. The summed E-state index contributed by atoms with van der Waals surface area (Å²) in [5.41, 5.74) is 1.26. The van der Waals surface area contributed by atoms with E-state index in [1.165, 1.54) is 5.69 Å². The summed E-state index contributed by atoms with van der Waals surface area (Å²) in [7, 11) is 2.14. The average molecular weight is 362 g/mol. The predicted molar refractivity (Wildman–Crippen MR) is 110 cm³/mol. The van der Waals surface area contributed by atoms with E-state index in [1.807, 2.05) is 0 Å². The van der Waals surface area contributed by atoms with Gasteiger partial charge in [0.15, 0.2) is 5.96 Å². The van der Waals surface area contributed by atoms with Crippen molar-refractivity contribution >= 4 is 11.6 Å². The molecular weight excluding hydrogens is 326 g/mol. The van der Waals surface area contributed by atoms with Crippen LogP contribution in [0.4, 0.5) is 5.69 Å². The van der Waals surface area contributed by atoms with Crippen LogP contribution in [-0.4, -0.2) is 76.4 Å². The normalized spacial score (nSPS) is 17.0. The van der Waals surface area contributed by atoms with Crippen molar-refractivity contribution in [1.82, 2.24) is 15.5 Å². The number of morpholine rings is 1. The third kappa shape index (κ3) is 7.22. The number of rotatable bonds is 9. The van der Waals surface area contributed by atoms with Crippen LogP contribution in [0.3, 0.4) is 0 Å². The van der Waals surface area contributed by atoms with Crippen LogP contribution in [0.25, 0.3) is 0 Å². The molecule has 1 aliphatic rings. The van der Waals surface area contributed by atoms with Gasteiger partial charge in [0.2, 0.25) is 0 Å². The SMILES string of the molecule is CCNC(=NCC(C)N1CCOCC1)NCCCN(C)c1ccccc1. The molecule has 2 rings (SSSR count). The molecule has 0 aliphatic carbocycles. The number of hydrogen-bond donors (Lipinski definition) is 2. The Morgan fingerprint density at radius 2 is 1.96 bits per heavy atom. The van der Waals surface area contributed by atoms with Gasteiger partial charge in [-0.1, -0.05) is 18.2 Å². The standard InChI is InChI=1S/C20H35N5O/c1-4-21-20(23-17-18(2)25-13-15-26-16-14-25)22-11-8-12-24(3)19-9-6-5-7-10-19/h5-7,9-10,18H,4,8,11-17H2,1-3H3,(H2,21,22,23). The zero-order valence-corrected chi connectivity index (χ0v) is 16.6. The lowest BCUT2D eigenvalue weighted by molar-refractivity contribution is 0.0220. The van der Waals surface area contributed by atoms with E-state index < -0.39 is 0 Å². The summed E-state index contributed by atoms with van der Waals surface area (Å²) < 4.78 is 5.42. The van der Waals surface area contributed by atoms with Crippen LogP contribution >= 0.6 is 0 Å². The van der Waals surface area contributed by atoms with Gasteiger partial charge in [0.05, 0.1) is 19.8 Å². The lowest BCUT2D eigenvalue weighted by Crippen LogP contribution is -2.44. The van der Waals surface area contributed by atoms with Gasteiger partial charge >= 0.3 is 0 Å². The molecule has 1 saturated heterocycles. The molecule has 1 aromatic carbocycles. The highest BCUT2D eigenvalue weighted by atomic mass is 16.5. The van der Waals surface area contributed by atoms with Crippen LogP contribution in [0.15, 0.2) is 35.3 Å². The number of ether oxygens (including phenoxy) is 1. The summed E-state index contributed by atoms with van der Waals surface area (Å²) in [6, 6.07) is 10.9. The second-order valence-electron chi connectivity index (χ2n) is 6.75. The zero-order valence-electron chi connectivity index (χ0n) is 16.6. The van der Waals surface area contributed by atoms with Crippen LogP contribution in [0.2, 0.25) is 0 Å². The second kappa shape index (κ2) is 11.8. The smallest absolute Gasteiger partial charge is 0.191 e. The first-order valence-electron chi connectivity index (χ1n) is 9.81. The molecule has 26 heavy (non-hydrogen) atoms. The molecule has 0 aromatic heterocycles. The van der Waals surface area contributed by atoms with Gasteiger partial charge in [-0.2, -0.15) is 0 Å². The first kappa shape index (κ1) is 20.5. The van der Waals surface area contributed by atoms with Crippen molar-refractivity contribution in [2.45, 2.75) is 26.3 Å². The van der Waals surface area contributed by atoms with E-state index in [2.05, 4.69) is 71.7 Å². The Kier molecular flexibility index (Phi) is 9.28. The summed E-state index contributed by atoms with van der Waals surface area (Å²) in [5.74, 6) is 0.912. The quantitative estimate of drug-likeness (QED) is 0.399. The number of aliphatic imine (C=N–C) groups is 1. The molecular formula is C20H35N5O. The van der Waals surface area contributed by atoms with E-state index >= 15 is 0 Å². The van der Waals surface area contributed by atoms with Gasteiger partial charge in [-0.25, -0.2) is 0 Å². The van der Waals surface area contributed by atoms with Gasteiger partial charge in [0.1, 0.15) is 0 Å². The van der Waals surface area contributed by atoms with Crippen molar-refractivity contribution < 1.29 is 4.74 Å². The Balaban J connectivity index is 1.71. The van der Waals surface area contributed by atoms with Gasteiger partial charge in [-0.15, -0.1) is 0 Å². The summed E-state index contributed by atoms with van der Waals surface area (Å²) >= 11 is 0. The fourth-order valence-corrected chi connectivity index (χ4v) is 3.03. The molecule has 1 atom stereocenters. The first-order chi connectivity index (χ1) is 12.7. The predicted octanol–water partition coefficient (Wildman–Crippen LogP) is 1.79. The van der Waals surface area contributed by atoms with Crippen molar-refractivity contribution in [3.8, 4) is 0 Å². The summed E-state index contributed by atoms with van der Waals surface area (Å²) in [6.45, 7) is 11.6. The molecule has 0 radical (unpaired) electrons. The maximum Gasteiger partial charge on any atom is 0.191 e. The Hall–Kier alpha value is -1.79. The topological polar surface area (TPSA) is 52.1 Å². The molecule has 6 nitrogen and oxygen atoms in total. The highest BCUT2D eigenvalue weighted by Gasteiger charge is 2.16. The summed E-state index contributed by atoms with van der Waals surface area (Å²) in [4.78, 5) is 9.50.